The second-order valence-corrected chi connectivity index (χ2v) is 5.92. The fourth-order valence-corrected chi connectivity index (χ4v) is 3.13. The number of halogens is 2. The molecule has 0 aliphatic heterocycles. The number of H-pyrrole nitrogens is 1. The van der Waals surface area contributed by atoms with E-state index in [0.717, 1.165) is 5.52 Å². The molecule has 0 radical (unpaired) electrons. The maximum atomic E-state index is 12.2. The highest BCUT2D eigenvalue weighted by molar-refractivity contribution is 8.00. The molecule has 106 valence electrons. The van der Waals surface area contributed by atoms with Gasteiger partial charge in [0.2, 0.25) is 0 Å². The minimum absolute atomic E-state index is 0.0899. The van der Waals surface area contributed by atoms with E-state index in [0.29, 0.717) is 26.3 Å². The van der Waals surface area contributed by atoms with Crippen LogP contribution in [0.1, 0.15) is 10.4 Å². The molecule has 1 aromatic carbocycles. The Kier molecular flexibility index (Phi) is 4.10. The molecule has 0 saturated heterocycles. The Labute approximate surface area is 134 Å². The van der Waals surface area contributed by atoms with Gasteiger partial charge < -0.3 is 4.98 Å². The van der Waals surface area contributed by atoms with E-state index in [2.05, 4.69) is 19.9 Å². The van der Waals surface area contributed by atoms with Crippen molar-refractivity contribution in [3.63, 3.8) is 0 Å². The van der Waals surface area contributed by atoms with Crippen LogP contribution in [0.25, 0.3) is 11.2 Å². The zero-order valence-corrected chi connectivity index (χ0v) is 12.8. The number of hydrogen-bond acceptors (Lipinski definition) is 5. The van der Waals surface area contributed by atoms with Gasteiger partial charge in [0, 0.05) is 10.6 Å². The summed E-state index contributed by atoms with van der Waals surface area (Å²) in [7, 11) is 0. The van der Waals surface area contributed by atoms with Gasteiger partial charge in [-0.25, -0.2) is 15.0 Å². The van der Waals surface area contributed by atoms with Gasteiger partial charge in [0.05, 0.1) is 17.1 Å². The van der Waals surface area contributed by atoms with Gasteiger partial charge >= 0.3 is 0 Å². The topological polar surface area (TPSA) is 71.5 Å². The van der Waals surface area contributed by atoms with Gasteiger partial charge in [0.15, 0.2) is 11.4 Å². The van der Waals surface area contributed by atoms with Gasteiger partial charge in [0.1, 0.15) is 16.9 Å². The molecule has 0 aliphatic rings. The highest BCUT2D eigenvalue weighted by atomic mass is 35.5. The first-order chi connectivity index (χ1) is 10.1. The smallest absolute Gasteiger partial charge is 0.181 e. The molecule has 0 spiro atoms. The van der Waals surface area contributed by atoms with E-state index in [1.54, 1.807) is 24.5 Å². The molecule has 3 aromatic rings. The molecule has 5 nitrogen and oxygen atoms in total. The van der Waals surface area contributed by atoms with E-state index >= 15 is 0 Å². The highest BCUT2D eigenvalue weighted by Gasteiger charge is 2.13. The van der Waals surface area contributed by atoms with Crippen molar-refractivity contribution < 1.29 is 4.79 Å². The zero-order chi connectivity index (χ0) is 14.8. The lowest BCUT2D eigenvalue weighted by atomic mass is 10.1. The lowest BCUT2D eigenvalue weighted by Crippen LogP contribution is -2.03. The third kappa shape index (κ3) is 3.02. The van der Waals surface area contributed by atoms with Crippen molar-refractivity contribution in [3.8, 4) is 0 Å². The Bertz CT molecular complexity index is 821. The van der Waals surface area contributed by atoms with Crippen LogP contribution in [-0.4, -0.2) is 31.5 Å². The largest absolute Gasteiger partial charge is 0.341 e. The molecule has 0 amide bonds. The van der Waals surface area contributed by atoms with Crippen molar-refractivity contribution in [3.05, 3.63) is 46.5 Å². The average Bonchev–Trinajstić information content (AvgIpc) is 2.93. The first-order valence-electron chi connectivity index (χ1n) is 5.90. The van der Waals surface area contributed by atoms with Crippen LogP contribution in [0.3, 0.4) is 0 Å². The van der Waals surface area contributed by atoms with E-state index in [9.17, 15) is 4.79 Å². The SMILES string of the molecule is O=C(CSc1ncnc2nc[nH]c12)c1ccc(Cl)cc1Cl. The molecule has 0 fully saturated rings. The minimum Gasteiger partial charge on any atom is -0.341 e. The first-order valence-corrected chi connectivity index (χ1v) is 7.64. The molecule has 1 N–H and O–H groups in total. The number of aromatic nitrogens is 4. The molecule has 2 aromatic heterocycles. The van der Waals surface area contributed by atoms with Crippen LogP contribution in [-0.2, 0) is 0 Å². The van der Waals surface area contributed by atoms with Crippen LogP contribution in [0.5, 0.6) is 0 Å². The number of carbonyl (C=O) groups excluding carboxylic acids is 1. The quantitative estimate of drug-likeness (QED) is 0.446. The number of hydrogen-bond donors (Lipinski definition) is 1. The summed E-state index contributed by atoms with van der Waals surface area (Å²) in [5.41, 5.74) is 1.74. The second-order valence-electron chi connectivity index (χ2n) is 4.12. The van der Waals surface area contributed by atoms with E-state index < -0.39 is 0 Å². The predicted molar refractivity (Wildman–Crippen MR) is 83.2 cm³/mol. The standard InChI is InChI=1S/C13H8Cl2N4OS/c14-7-1-2-8(9(15)3-7)10(20)4-21-13-11-12(17-5-16-11)18-6-19-13/h1-3,5-6H,4H2,(H,16,17,18,19). The van der Waals surface area contributed by atoms with Crippen LogP contribution in [0, 0.1) is 0 Å². The predicted octanol–water partition coefficient (Wildman–Crippen LogP) is 3.63. The average molecular weight is 339 g/mol. The van der Waals surface area contributed by atoms with Crippen LogP contribution in [0.2, 0.25) is 10.0 Å². The van der Waals surface area contributed by atoms with Crippen molar-refractivity contribution >= 4 is 51.9 Å². The molecular formula is C13H8Cl2N4OS. The third-order valence-electron chi connectivity index (χ3n) is 2.76. The van der Waals surface area contributed by atoms with Crippen molar-refractivity contribution in [2.75, 3.05) is 5.75 Å². The van der Waals surface area contributed by atoms with E-state index in [1.807, 2.05) is 0 Å². The second kappa shape index (κ2) is 6.01. The van der Waals surface area contributed by atoms with Gasteiger partial charge in [-0.1, -0.05) is 35.0 Å². The van der Waals surface area contributed by atoms with E-state index in [4.69, 9.17) is 23.2 Å². The number of nitrogens with zero attached hydrogens (tertiary/aromatic N) is 3. The molecule has 2 heterocycles. The Morgan fingerprint density at radius 3 is 2.90 bits per heavy atom. The number of ketones is 1. The molecule has 0 unspecified atom stereocenters. The number of benzene rings is 1. The zero-order valence-electron chi connectivity index (χ0n) is 10.5. The molecule has 3 rings (SSSR count). The molecule has 8 heteroatoms. The highest BCUT2D eigenvalue weighted by Crippen LogP contribution is 2.26. The summed E-state index contributed by atoms with van der Waals surface area (Å²) in [5, 5.41) is 1.53. The van der Waals surface area contributed by atoms with Gasteiger partial charge in [0.25, 0.3) is 0 Å². The number of carbonyl (C=O) groups is 1. The van der Waals surface area contributed by atoms with Gasteiger partial charge in [-0.3, -0.25) is 4.79 Å². The summed E-state index contributed by atoms with van der Waals surface area (Å²) in [5.74, 6) is 0.125. The Balaban J connectivity index is 1.78. The lowest BCUT2D eigenvalue weighted by Gasteiger charge is -2.04. The number of imidazole rings is 1. The van der Waals surface area contributed by atoms with Gasteiger partial charge in [-0.05, 0) is 18.2 Å². The molecule has 21 heavy (non-hydrogen) atoms. The third-order valence-corrected chi connectivity index (χ3v) is 4.30. The molecule has 0 bridgehead atoms. The van der Waals surface area contributed by atoms with E-state index in [-0.39, 0.29) is 11.5 Å². The monoisotopic (exact) mass is 338 g/mol. The Morgan fingerprint density at radius 2 is 2.10 bits per heavy atom. The number of nitrogens with one attached hydrogen (secondary N) is 1. The number of fused-ring (bicyclic) bond motifs is 1. The minimum atomic E-state index is -0.0899. The first kappa shape index (κ1) is 14.3. The fourth-order valence-electron chi connectivity index (χ4n) is 1.78. The number of aromatic amines is 1. The fraction of sp³-hybridized carbons (Fsp3) is 0.0769. The van der Waals surface area contributed by atoms with Crippen LogP contribution in [0.4, 0.5) is 0 Å². The Hall–Kier alpha value is -1.63. The van der Waals surface area contributed by atoms with Crippen LogP contribution in [0.15, 0.2) is 35.9 Å². The maximum Gasteiger partial charge on any atom is 0.181 e. The van der Waals surface area contributed by atoms with Crippen LogP contribution < -0.4 is 0 Å². The summed E-state index contributed by atoms with van der Waals surface area (Å²) in [6.45, 7) is 0. The van der Waals surface area contributed by atoms with Gasteiger partial charge in [-0.2, -0.15) is 0 Å². The van der Waals surface area contributed by atoms with Crippen molar-refractivity contribution in [2.24, 2.45) is 0 Å². The summed E-state index contributed by atoms with van der Waals surface area (Å²) in [4.78, 5) is 27.4. The molecule has 0 saturated carbocycles. The normalized spacial score (nSPS) is 11.0. The Morgan fingerprint density at radius 1 is 1.24 bits per heavy atom. The number of thioether (sulfide) groups is 1. The van der Waals surface area contributed by atoms with Crippen LogP contribution >= 0.6 is 35.0 Å². The van der Waals surface area contributed by atoms with Crippen molar-refractivity contribution in [1.29, 1.82) is 0 Å². The molecular weight excluding hydrogens is 331 g/mol. The summed E-state index contributed by atoms with van der Waals surface area (Å²) in [6, 6.07) is 4.82. The summed E-state index contributed by atoms with van der Waals surface area (Å²) in [6.07, 6.45) is 2.96. The van der Waals surface area contributed by atoms with Gasteiger partial charge in [-0.15, -0.1) is 0 Å². The van der Waals surface area contributed by atoms with Crippen molar-refractivity contribution in [1.82, 2.24) is 19.9 Å². The molecule has 0 aliphatic carbocycles. The summed E-state index contributed by atoms with van der Waals surface area (Å²) < 4.78 is 0. The van der Waals surface area contributed by atoms with Crippen molar-refractivity contribution in [2.45, 2.75) is 5.03 Å². The molecule has 0 atom stereocenters. The lowest BCUT2D eigenvalue weighted by molar-refractivity contribution is 0.102. The van der Waals surface area contributed by atoms with E-state index in [1.165, 1.54) is 18.1 Å². The number of Topliss-reactive ketones (excluding diaryl/α,β-unsaturated/α-hetero) is 1. The number of rotatable bonds is 4. The maximum absolute atomic E-state index is 12.2. The summed E-state index contributed by atoms with van der Waals surface area (Å²) >= 11 is 13.2.